The molecule has 1 heterocycles. The molecule has 1 fully saturated rings. The van der Waals surface area contributed by atoms with Crippen molar-refractivity contribution < 1.29 is 9.53 Å². The minimum Gasteiger partial charge on any atom is -0.370 e. The fourth-order valence-corrected chi connectivity index (χ4v) is 1.83. The van der Waals surface area contributed by atoms with Crippen molar-refractivity contribution in [3.63, 3.8) is 0 Å². The first kappa shape index (κ1) is 13.0. The second-order valence-corrected chi connectivity index (χ2v) is 4.55. The molecule has 0 aromatic carbocycles. The summed E-state index contributed by atoms with van der Waals surface area (Å²) in [5, 5.41) is 0. The lowest BCUT2D eigenvalue weighted by Gasteiger charge is -2.22. The number of ether oxygens (including phenoxy) is 1. The molecule has 0 atom stereocenters. The summed E-state index contributed by atoms with van der Waals surface area (Å²) >= 11 is 0. The Morgan fingerprint density at radius 3 is 3.00 bits per heavy atom. The van der Waals surface area contributed by atoms with Crippen LogP contribution in [0.25, 0.3) is 0 Å². The van der Waals surface area contributed by atoms with Crippen LogP contribution in [0.4, 0.5) is 0 Å². The topological polar surface area (TPSA) is 73.4 Å². The van der Waals surface area contributed by atoms with E-state index in [1.807, 2.05) is 22.7 Å². The molecule has 100 valence electrons. The van der Waals surface area contributed by atoms with Crippen LogP contribution >= 0.6 is 0 Å². The Morgan fingerprint density at radius 1 is 1.67 bits per heavy atom. The van der Waals surface area contributed by atoms with Gasteiger partial charge in [-0.3, -0.25) is 4.79 Å². The number of carbonyl (C=O) groups excluding carboxylic acids is 1. The second kappa shape index (κ2) is 5.97. The highest BCUT2D eigenvalue weighted by atomic mass is 16.5. The normalized spacial score (nSPS) is 14.8. The van der Waals surface area contributed by atoms with E-state index in [-0.39, 0.29) is 12.5 Å². The molecule has 6 heteroatoms. The summed E-state index contributed by atoms with van der Waals surface area (Å²) in [5.41, 5.74) is 5.33. The van der Waals surface area contributed by atoms with E-state index in [0.29, 0.717) is 25.7 Å². The molecule has 6 nitrogen and oxygen atoms in total. The molecule has 0 bridgehead atoms. The Bertz CT molecular complexity index is 401. The number of nitrogens with zero attached hydrogens (tertiary/aromatic N) is 3. The zero-order valence-electron chi connectivity index (χ0n) is 10.7. The van der Waals surface area contributed by atoms with Gasteiger partial charge in [0.15, 0.2) is 0 Å². The molecule has 1 aliphatic carbocycles. The van der Waals surface area contributed by atoms with Gasteiger partial charge in [0.2, 0.25) is 5.91 Å². The lowest BCUT2D eigenvalue weighted by atomic mass is 10.4. The number of hydrogen-bond donors (Lipinski definition) is 1. The van der Waals surface area contributed by atoms with Crippen molar-refractivity contribution in [1.82, 2.24) is 14.5 Å². The Kier molecular flexibility index (Phi) is 4.33. The van der Waals surface area contributed by atoms with Crippen molar-refractivity contribution >= 4 is 5.91 Å². The molecular formula is C12H20N4O2. The van der Waals surface area contributed by atoms with Crippen molar-refractivity contribution in [3.05, 3.63) is 18.2 Å². The van der Waals surface area contributed by atoms with Crippen LogP contribution in [0.15, 0.2) is 12.4 Å². The smallest absolute Gasteiger partial charge is 0.249 e. The Balaban J connectivity index is 1.91. The van der Waals surface area contributed by atoms with E-state index in [1.165, 1.54) is 0 Å². The van der Waals surface area contributed by atoms with Crippen molar-refractivity contribution in [3.8, 4) is 0 Å². The predicted molar refractivity (Wildman–Crippen MR) is 66.7 cm³/mol. The van der Waals surface area contributed by atoms with Gasteiger partial charge in [0.25, 0.3) is 0 Å². The molecule has 1 aliphatic rings. The molecule has 0 unspecified atom stereocenters. The van der Waals surface area contributed by atoms with Gasteiger partial charge in [-0.05, 0) is 12.8 Å². The van der Waals surface area contributed by atoms with Crippen LogP contribution in [-0.2, 0) is 23.1 Å². The summed E-state index contributed by atoms with van der Waals surface area (Å²) in [4.78, 5) is 18.2. The summed E-state index contributed by atoms with van der Waals surface area (Å²) in [6.07, 6.45) is 5.78. The number of carbonyl (C=O) groups is 1. The Morgan fingerprint density at radius 2 is 2.44 bits per heavy atom. The number of hydrogen-bond acceptors (Lipinski definition) is 4. The number of aromatic nitrogens is 2. The summed E-state index contributed by atoms with van der Waals surface area (Å²) in [7, 11) is 1.93. The average molecular weight is 252 g/mol. The van der Waals surface area contributed by atoms with E-state index < -0.39 is 0 Å². The highest BCUT2D eigenvalue weighted by molar-refractivity contribution is 5.78. The van der Waals surface area contributed by atoms with Gasteiger partial charge in [-0.25, -0.2) is 4.98 Å². The van der Waals surface area contributed by atoms with E-state index in [0.717, 1.165) is 18.7 Å². The first-order valence-corrected chi connectivity index (χ1v) is 6.26. The largest absolute Gasteiger partial charge is 0.370 e. The predicted octanol–water partition coefficient (Wildman–Crippen LogP) is -0.114. The standard InChI is InChI=1S/C12H20N4O2/c1-15-6-5-14-11(15)8-16(10-2-3-10)12(17)9-18-7-4-13/h5-6,10H,2-4,7-9,13H2,1H3. The molecular weight excluding hydrogens is 232 g/mol. The SMILES string of the molecule is Cn1ccnc1CN(C(=O)COCCN)C1CC1. The summed E-state index contributed by atoms with van der Waals surface area (Å²) < 4.78 is 7.14. The molecule has 0 aliphatic heterocycles. The van der Waals surface area contributed by atoms with E-state index in [4.69, 9.17) is 10.5 Å². The lowest BCUT2D eigenvalue weighted by molar-refractivity contribution is -0.137. The van der Waals surface area contributed by atoms with Gasteiger partial charge in [0.05, 0.1) is 13.2 Å². The highest BCUT2D eigenvalue weighted by Gasteiger charge is 2.33. The van der Waals surface area contributed by atoms with Gasteiger partial charge in [0, 0.05) is 32.0 Å². The van der Waals surface area contributed by atoms with Gasteiger partial charge in [-0.15, -0.1) is 0 Å². The maximum absolute atomic E-state index is 12.1. The van der Waals surface area contributed by atoms with Crippen LogP contribution in [-0.4, -0.2) is 46.2 Å². The van der Waals surface area contributed by atoms with Crippen LogP contribution in [0, 0.1) is 0 Å². The highest BCUT2D eigenvalue weighted by Crippen LogP contribution is 2.28. The minimum absolute atomic E-state index is 0.0222. The third kappa shape index (κ3) is 3.30. The molecule has 0 spiro atoms. The second-order valence-electron chi connectivity index (χ2n) is 4.55. The number of nitrogens with two attached hydrogens (primary N) is 1. The number of rotatable bonds is 7. The average Bonchev–Trinajstić information content (AvgIpc) is 3.11. The zero-order chi connectivity index (χ0) is 13.0. The summed E-state index contributed by atoms with van der Waals surface area (Å²) in [6, 6.07) is 0.357. The summed E-state index contributed by atoms with van der Waals surface area (Å²) in [6.45, 7) is 1.53. The van der Waals surface area contributed by atoms with E-state index >= 15 is 0 Å². The maximum atomic E-state index is 12.1. The fourth-order valence-electron chi connectivity index (χ4n) is 1.83. The van der Waals surface area contributed by atoms with Gasteiger partial charge >= 0.3 is 0 Å². The molecule has 1 saturated carbocycles. The van der Waals surface area contributed by atoms with Crippen LogP contribution in [0.3, 0.4) is 0 Å². The molecule has 1 amide bonds. The first-order chi connectivity index (χ1) is 8.72. The van der Waals surface area contributed by atoms with E-state index in [9.17, 15) is 4.79 Å². The van der Waals surface area contributed by atoms with Crippen molar-refractivity contribution in [2.75, 3.05) is 19.8 Å². The van der Waals surface area contributed by atoms with Crippen LogP contribution in [0.1, 0.15) is 18.7 Å². The van der Waals surface area contributed by atoms with Crippen molar-refractivity contribution in [2.24, 2.45) is 12.8 Å². The van der Waals surface area contributed by atoms with Crippen molar-refractivity contribution in [1.29, 1.82) is 0 Å². The molecule has 0 saturated heterocycles. The monoisotopic (exact) mass is 252 g/mol. The van der Waals surface area contributed by atoms with Gasteiger partial charge in [-0.2, -0.15) is 0 Å². The molecule has 1 aromatic rings. The molecule has 18 heavy (non-hydrogen) atoms. The number of amides is 1. The first-order valence-electron chi connectivity index (χ1n) is 6.26. The zero-order valence-corrected chi connectivity index (χ0v) is 10.7. The summed E-state index contributed by atoms with van der Waals surface area (Å²) in [5.74, 6) is 0.919. The third-order valence-corrected chi connectivity index (χ3v) is 3.03. The van der Waals surface area contributed by atoms with Crippen LogP contribution in [0.5, 0.6) is 0 Å². The molecule has 0 radical (unpaired) electrons. The Hall–Kier alpha value is -1.40. The fraction of sp³-hybridized carbons (Fsp3) is 0.667. The third-order valence-electron chi connectivity index (χ3n) is 3.03. The van der Waals surface area contributed by atoms with Gasteiger partial charge in [-0.1, -0.05) is 0 Å². The van der Waals surface area contributed by atoms with Gasteiger partial charge in [0.1, 0.15) is 12.4 Å². The number of aryl methyl sites for hydroxylation is 1. The Labute approximate surface area is 107 Å². The quantitative estimate of drug-likeness (QED) is 0.687. The molecule has 2 N–H and O–H groups in total. The minimum atomic E-state index is 0.0222. The lowest BCUT2D eigenvalue weighted by Crippen LogP contribution is -2.36. The maximum Gasteiger partial charge on any atom is 0.249 e. The van der Waals surface area contributed by atoms with Crippen LogP contribution in [0.2, 0.25) is 0 Å². The van der Waals surface area contributed by atoms with Crippen molar-refractivity contribution in [2.45, 2.75) is 25.4 Å². The van der Waals surface area contributed by atoms with Gasteiger partial charge < -0.3 is 19.9 Å². The number of imidazole rings is 1. The molecule has 2 rings (SSSR count). The van der Waals surface area contributed by atoms with E-state index in [2.05, 4.69) is 4.98 Å². The van der Waals surface area contributed by atoms with Crippen LogP contribution < -0.4 is 5.73 Å². The molecule has 1 aromatic heterocycles. The van der Waals surface area contributed by atoms with E-state index in [1.54, 1.807) is 6.20 Å².